The molecule has 8 heteroatoms. The molecule has 104 valence electrons. The van der Waals surface area contributed by atoms with E-state index in [1.807, 2.05) is 0 Å². The second-order valence-electron chi connectivity index (χ2n) is 4.62. The molecule has 8 nitrogen and oxygen atoms in total. The van der Waals surface area contributed by atoms with Crippen molar-refractivity contribution in [2.24, 2.45) is 5.92 Å². The van der Waals surface area contributed by atoms with E-state index in [-0.39, 0.29) is 12.6 Å². The van der Waals surface area contributed by atoms with Crippen molar-refractivity contribution >= 4 is 12.0 Å². The molecule has 0 unspecified atom stereocenters. The predicted molar refractivity (Wildman–Crippen MR) is 65.4 cm³/mol. The summed E-state index contributed by atoms with van der Waals surface area (Å²) in [6.45, 7) is 1.16. The van der Waals surface area contributed by atoms with E-state index in [0.717, 1.165) is 12.8 Å². The van der Waals surface area contributed by atoms with Gasteiger partial charge in [0, 0.05) is 19.3 Å². The second-order valence-corrected chi connectivity index (χ2v) is 4.62. The number of rotatable bonds is 7. The highest BCUT2D eigenvalue weighted by atomic mass is 16.4. The first kappa shape index (κ1) is 13.3. The van der Waals surface area contributed by atoms with Gasteiger partial charge in [-0.1, -0.05) is 5.21 Å². The van der Waals surface area contributed by atoms with E-state index in [1.54, 1.807) is 17.1 Å². The highest BCUT2D eigenvalue weighted by molar-refractivity contribution is 5.80. The number of carbonyl (C=O) groups excluding carboxylic acids is 1. The zero-order valence-corrected chi connectivity index (χ0v) is 10.5. The van der Waals surface area contributed by atoms with Crippen LogP contribution in [0.4, 0.5) is 4.79 Å². The number of carboxylic acids is 1. The van der Waals surface area contributed by atoms with Gasteiger partial charge in [0.15, 0.2) is 0 Å². The largest absolute Gasteiger partial charge is 0.480 e. The summed E-state index contributed by atoms with van der Waals surface area (Å²) in [7, 11) is 0. The lowest BCUT2D eigenvalue weighted by Gasteiger charge is -2.20. The maximum Gasteiger partial charge on any atom is 0.323 e. The summed E-state index contributed by atoms with van der Waals surface area (Å²) in [5, 5.41) is 18.9. The SMILES string of the molecule is O=C(O)CN(CC1CC1)C(=O)NCCn1ccnn1. The van der Waals surface area contributed by atoms with Gasteiger partial charge in [-0.2, -0.15) is 0 Å². The molecule has 1 aromatic rings. The Hall–Kier alpha value is -2.12. The van der Waals surface area contributed by atoms with Gasteiger partial charge in [0.1, 0.15) is 6.54 Å². The number of nitrogens with one attached hydrogen (secondary N) is 1. The molecule has 2 amide bonds. The van der Waals surface area contributed by atoms with E-state index in [2.05, 4.69) is 15.6 Å². The summed E-state index contributed by atoms with van der Waals surface area (Å²) in [5.41, 5.74) is 0. The molecule has 0 atom stereocenters. The Morgan fingerprint density at radius 2 is 2.26 bits per heavy atom. The van der Waals surface area contributed by atoms with Crippen molar-refractivity contribution in [3.63, 3.8) is 0 Å². The molecule has 0 saturated heterocycles. The van der Waals surface area contributed by atoms with Gasteiger partial charge >= 0.3 is 12.0 Å². The molecular weight excluding hydrogens is 250 g/mol. The Balaban J connectivity index is 1.75. The normalized spacial score (nSPS) is 14.1. The molecule has 0 radical (unpaired) electrons. The number of aromatic nitrogens is 3. The van der Waals surface area contributed by atoms with Crippen LogP contribution in [0.2, 0.25) is 0 Å². The maximum absolute atomic E-state index is 11.9. The zero-order valence-electron chi connectivity index (χ0n) is 10.5. The minimum Gasteiger partial charge on any atom is -0.480 e. The topological polar surface area (TPSA) is 100 Å². The molecule has 0 aliphatic heterocycles. The highest BCUT2D eigenvalue weighted by Gasteiger charge is 2.27. The van der Waals surface area contributed by atoms with Gasteiger partial charge in [-0.3, -0.25) is 9.48 Å². The smallest absolute Gasteiger partial charge is 0.323 e. The van der Waals surface area contributed by atoms with E-state index in [0.29, 0.717) is 25.6 Å². The van der Waals surface area contributed by atoms with E-state index in [4.69, 9.17) is 5.11 Å². The fraction of sp³-hybridized carbons (Fsp3) is 0.636. The number of amides is 2. The average molecular weight is 267 g/mol. The molecular formula is C11H17N5O3. The Morgan fingerprint density at radius 3 is 2.84 bits per heavy atom. The summed E-state index contributed by atoms with van der Waals surface area (Å²) in [6, 6.07) is -0.339. The molecule has 2 N–H and O–H groups in total. The number of carboxylic acid groups (broad SMARTS) is 1. The number of nitrogens with zero attached hydrogens (tertiary/aromatic N) is 4. The molecule has 19 heavy (non-hydrogen) atoms. The van der Waals surface area contributed by atoms with Crippen LogP contribution in [0.5, 0.6) is 0 Å². The zero-order chi connectivity index (χ0) is 13.7. The van der Waals surface area contributed by atoms with Crippen LogP contribution >= 0.6 is 0 Å². The van der Waals surface area contributed by atoms with Crippen LogP contribution in [0.15, 0.2) is 12.4 Å². The molecule has 1 saturated carbocycles. The van der Waals surface area contributed by atoms with Crippen molar-refractivity contribution in [3.05, 3.63) is 12.4 Å². The van der Waals surface area contributed by atoms with Gasteiger partial charge in [0.25, 0.3) is 0 Å². The number of hydrogen-bond donors (Lipinski definition) is 2. The lowest BCUT2D eigenvalue weighted by Crippen LogP contribution is -2.44. The van der Waals surface area contributed by atoms with E-state index in [9.17, 15) is 9.59 Å². The molecule has 1 aromatic heterocycles. The molecule has 0 spiro atoms. The average Bonchev–Trinajstić information content (AvgIpc) is 3.02. The molecule has 0 aromatic carbocycles. The quantitative estimate of drug-likeness (QED) is 0.711. The van der Waals surface area contributed by atoms with Crippen LogP contribution < -0.4 is 5.32 Å². The Kier molecular flexibility index (Phi) is 4.32. The highest BCUT2D eigenvalue weighted by Crippen LogP contribution is 2.29. The first-order chi connectivity index (χ1) is 9.15. The van der Waals surface area contributed by atoms with Crippen molar-refractivity contribution in [2.75, 3.05) is 19.6 Å². The number of aliphatic carboxylic acids is 1. The van der Waals surface area contributed by atoms with Crippen molar-refractivity contribution in [3.8, 4) is 0 Å². The van der Waals surface area contributed by atoms with Gasteiger partial charge in [0.2, 0.25) is 0 Å². The summed E-state index contributed by atoms with van der Waals surface area (Å²) in [5.74, 6) is -0.535. The van der Waals surface area contributed by atoms with Crippen LogP contribution in [0, 0.1) is 5.92 Å². The molecule has 1 fully saturated rings. The maximum atomic E-state index is 11.9. The minimum absolute atomic E-state index is 0.258. The molecule has 2 rings (SSSR count). The van der Waals surface area contributed by atoms with E-state index < -0.39 is 5.97 Å². The lowest BCUT2D eigenvalue weighted by atomic mass is 10.3. The Morgan fingerprint density at radius 1 is 1.47 bits per heavy atom. The first-order valence-electron chi connectivity index (χ1n) is 6.24. The van der Waals surface area contributed by atoms with Gasteiger partial charge < -0.3 is 15.3 Å². The Bertz CT molecular complexity index is 430. The fourth-order valence-electron chi connectivity index (χ4n) is 1.74. The van der Waals surface area contributed by atoms with Gasteiger partial charge in [-0.25, -0.2) is 4.79 Å². The van der Waals surface area contributed by atoms with Crippen LogP contribution in [0.3, 0.4) is 0 Å². The third-order valence-corrected chi connectivity index (χ3v) is 2.88. The standard InChI is InChI=1S/C11H17N5O3/c17-10(18)8-15(7-9-1-2-9)11(19)12-3-5-16-6-4-13-14-16/h4,6,9H,1-3,5,7-8H2,(H,12,19)(H,17,18). The predicted octanol–water partition coefficient (Wildman–Crippen LogP) is -0.216. The second kappa shape index (κ2) is 6.17. The van der Waals surface area contributed by atoms with E-state index in [1.165, 1.54) is 4.90 Å². The van der Waals surface area contributed by atoms with Crippen molar-refractivity contribution in [1.82, 2.24) is 25.2 Å². The molecule has 0 bridgehead atoms. The van der Waals surface area contributed by atoms with Crippen LogP contribution in [-0.4, -0.2) is 56.6 Å². The summed E-state index contributed by atoms with van der Waals surface area (Å²) in [6.07, 6.45) is 5.40. The first-order valence-corrected chi connectivity index (χ1v) is 6.24. The third kappa shape index (κ3) is 4.57. The van der Waals surface area contributed by atoms with Crippen LogP contribution in [0.1, 0.15) is 12.8 Å². The van der Waals surface area contributed by atoms with E-state index >= 15 is 0 Å². The lowest BCUT2D eigenvalue weighted by molar-refractivity contribution is -0.137. The third-order valence-electron chi connectivity index (χ3n) is 2.88. The van der Waals surface area contributed by atoms with Crippen molar-refractivity contribution < 1.29 is 14.7 Å². The monoisotopic (exact) mass is 267 g/mol. The fourth-order valence-corrected chi connectivity index (χ4v) is 1.74. The molecule has 1 aliphatic carbocycles. The van der Waals surface area contributed by atoms with Crippen molar-refractivity contribution in [2.45, 2.75) is 19.4 Å². The van der Waals surface area contributed by atoms with Crippen LogP contribution in [-0.2, 0) is 11.3 Å². The molecule has 1 heterocycles. The minimum atomic E-state index is -0.993. The summed E-state index contributed by atoms with van der Waals surface area (Å²) >= 11 is 0. The van der Waals surface area contributed by atoms with Crippen LogP contribution in [0.25, 0.3) is 0 Å². The summed E-state index contributed by atoms with van der Waals surface area (Å²) < 4.78 is 1.60. The summed E-state index contributed by atoms with van der Waals surface area (Å²) in [4.78, 5) is 24.0. The number of urea groups is 1. The van der Waals surface area contributed by atoms with Gasteiger partial charge in [-0.05, 0) is 18.8 Å². The number of carbonyl (C=O) groups is 2. The van der Waals surface area contributed by atoms with Gasteiger partial charge in [0.05, 0.1) is 12.7 Å². The van der Waals surface area contributed by atoms with Gasteiger partial charge in [-0.15, -0.1) is 5.10 Å². The Labute approximate surface area is 110 Å². The molecule has 1 aliphatic rings. The van der Waals surface area contributed by atoms with Crippen molar-refractivity contribution in [1.29, 1.82) is 0 Å². The number of hydrogen-bond acceptors (Lipinski definition) is 4.